The van der Waals surface area contributed by atoms with Crippen LogP contribution in [0.25, 0.3) is 0 Å². The minimum absolute atomic E-state index is 0.00106. The molecule has 2 saturated heterocycles. The zero-order valence-corrected chi connectivity index (χ0v) is 45.4. The van der Waals surface area contributed by atoms with E-state index in [1.165, 1.54) is 29.2 Å². The number of guanidine groups is 1. The Kier molecular flexibility index (Phi) is 27.6. The first-order valence-corrected chi connectivity index (χ1v) is 27.5. The lowest BCUT2D eigenvalue weighted by atomic mass is 10.0. The lowest BCUT2D eigenvalue weighted by Crippen LogP contribution is -2.61. The molecule has 8 atom stereocenters. The highest BCUT2D eigenvalue weighted by molar-refractivity contribution is 8.76. The zero-order chi connectivity index (χ0) is 61.3. The monoisotopic (exact) mass is 1200 g/mol. The smallest absolute Gasteiger partial charge is 0.490 e. The van der Waals surface area contributed by atoms with E-state index in [2.05, 4.69) is 42.2 Å². The predicted octanol–water partition coefficient (Wildman–Crippen LogP) is -4.77. The topological polar surface area (TPSA) is 501 Å². The number of likely N-dealkylation sites (tertiary alicyclic amines) is 1. The Labute approximate surface area is 474 Å². The summed E-state index contributed by atoms with van der Waals surface area (Å²) in [6.07, 6.45) is -6.47. The molecule has 0 spiro atoms. The van der Waals surface area contributed by atoms with Crippen LogP contribution in [-0.4, -0.2) is 178 Å². The van der Waals surface area contributed by atoms with E-state index < -0.39 is 151 Å². The van der Waals surface area contributed by atoms with Gasteiger partial charge in [0.1, 0.15) is 48.0 Å². The predicted molar refractivity (Wildman–Crippen MR) is 289 cm³/mol. The molecule has 0 unspecified atom stereocenters. The minimum atomic E-state index is -5.08. The second-order valence-electron chi connectivity index (χ2n) is 18.4. The molecular weight excluding hydrogens is 1130 g/mol. The van der Waals surface area contributed by atoms with E-state index in [9.17, 15) is 71.0 Å². The second kappa shape index (κ2) is 33.4. The van der Waals surface area contributed by atoms with Gasteiger partial charge in [-0.25, -0.2) is 4.79 Å². The number of primary amides is 3. The van der Waals surface area contributed by atoms with Crippen LogP contribution in [0.4, 0.5) is 13.2 Å². The minimum Gasteiger partial charge on any atom is -0.508 e. The fourth-order valence-electron chi connectivity index (χ4n) is 7.80. The number of amides is 11. The molecular formula is C48H66F3N15O14S2. The molecule has 21 N–H and O–H groups in total. The van der Waals surface area contributed by atoms with Crippen LogP contribution in [0.3, 0.4) is 0 Å². The maximum atomic E-state index is 14.6. The van der Waals surface area contributed by atoms with E-state index in [0.29, 0.717) is 17.5 Å². The van der Waals surface area contributed by atoms with Gasteiger partial charge in [0, 0.05) is 43.9 Å². The van der Waals surface area contributed by atoms with Gasteiger partial charge >= 0.3 is 12.1 Å². The summed E-state index contributed by atoms with van der Waals surface area (Å²) in [5.41, 5.74) is 34.4. The van der Waals surface area contributed by atoms with Crippen LogP contribution < -0.4 is 71.6 Å². The largest absolute Gasteiger partial charge is 0.508 e. The molecule has 450 valence electrons. The number of carboxylic acid groups (broad SMARTS) is 1. The molecule has 34 heteroatoms. The van der Waals surface area contributed by atoms with E-state index >= 15 is 0 Å². The molecule has 0 bridgehead atoms. The van der Waals surface area contributed by atoms with E-state index in [0.717, 1.165) is 21.6 Å². The molecule has 2 heterocycles. The fraction of sp³-hybridized carbons (Fsp3) is 0.479. The molecule has 29 nitrogen and oxygen atoms in total. The van der Waals surface area contributed by atoms with Crippen LogP contribution in [-0.2, 0) is 70.4 Å². The number of phenolic OH excluding ortho intramolecular Hbond substituents is 1. The molecule has 11 amide bonds. The van der Waals surface area contributed by atoms with Crippen molar-refractivity contribution >= 4 is 98.5 Å². The van der Waals surface area contributed by atoms with E-state index in [1.807, 2.05) is 0 Å². The molecule has 4 rings (SSSR count). The first-order valence-electron chi connectivity index (χ1n) is 25.0. The van der Waals surface area contributed by atoms with Gasteiger partial charge < -0.3 is 86.7 Å². The molecule has 0 saturated carbocycles. The van der Waals surface area contributed by atoms with Crippen LogP contribution in [0, 0.1) is 0 Å². The van der Waals surface area contributed by atoms with Crippen LogP contribution in [0.5, 0.6) is 5.75 Å². The first-order chi connectivity index (χ1) is 38.5. The highest BCUT2D eigenvalue weighted by Gasteiger charge is 2.41. The summed E-state index contributed by atoms with van der Waals surface area (Å²) in [6.45, 7) is -0.443. The maximum Gasteiger partial charge on any atom is 0.490 e. The number of nitrogens with two attached hydrogens (primary N) is 6. The number of aromatic hydroxyl groups is 1. The van der Waals surface area contributed by atoms with Gasteiger partial charge in [0.15, 0.2) is 5.96 Å². The lowest BCUT2D eigenvalue weighted by molar-refractivity contribution is -0.192. The molecule has 2 aromatic rings. The number of benzene rings is 2. The third-order valence-corrected chi connectivity index (χ3v) is 14.3. The standard InChI is InChI=1S/C46H65N15O12S2.C2HF3O2/c47-27-22-74-75-23-33(45(73)61-17-5-9-34(61)44(72)56-28(8-4-16-53-46(51)52)39(67)54-21-37(50)65)60-43(71)32(20-36(49)64)59-40(68)29(14-15-35(48)63)55-41(69)31(18-24-6-2-1-3-7-24)58-42(70)30(57-38(27)66)19-25-10-12-26(62)13-11-25;3-2(4,5)1(6)7/h1-3,6-7,10-13,27-34,62H,4-5,8-9,14-23,47H2,(H2,48,63)(H2,49,64)(H2,50,65)(H,54,67)(H,55,69)(H,56,72)(H,57,66)(H,58,70)(H,59,68)(H,60,71)(H4,51,52,53);(H,6,7)/t27-,28-,29-,30-,31-,32-,33-,34-;/m0./s1. The normalized spacial score (nSPS) is 21.6. The maximum absolute atomic E-state index is 14.6. The van der Waals surface area contributed by atoms with Crippen molar-refractivity contribution in [3.05, 3.63) is 65.7 Å². The number of halogens is 3. The Morgan fingerprint density at radius 2 is 1.26 bits per heavy atom. The third-order valence-electron chi connectivity index (χ3n) is 11.9. The van der Waals surface area contributed by atoms with Crippen molar-refractivity contribution in [1.29, 1.82) is 0 Å². The van der Waals surface area contributed by atoms with Crippen LogP contribution in [0.1, 0.15) is 56.1 Å². The zero-order valence-electron chi connectivity index (χ0n) is 43.8. The van der Waals surface area contributed by atoms with Gasteiger partial charge in [-0.2, -0.15) is 13.2 Å². The fourth-order valence-corrected chi connectivity index (χ4v) is 10.1. The van der Waals surface area contributed by atoms with Crippen molar-refractivity contribution < 1.29 is 80.9 Å². The van der Waals surface area contributed by atoms with Gasteiger partial charge in [-0.3, -0.25) is 57.7 Å². The van der Waals surface area contributed by atoms with Crippen LogP contribution in [0.15, 0.2) is 59.6 Å². The van der Waals surface area contributed by atoms with Gasteiger partial charge in [-0.15, -0.1) is 0 Å². The van der Waals surface area contributed by atoms with Crippen molar-refractivity contribution in [2.75, 3.05) is 31.1 Å². The number of aliphatic imine (C=N–C) groups is 1. The Bertz CT molecular complexity index is 2640. The average Bonchev–Trinajstić information content (AvgIpc) is 4.02. The van der Waals surface area contributed by atoms with Crippen molar-refractivity contribution in [2.45, 2.75) is 112 Å². The summed E-state index contributed by atoms with van der Waals surface area (Å²) in [6, 6.07) is 2.80. The molecule has 2 fully saturated rings. The number of alkyl halides is 3. The Morgan fingerprint density at radius 3 is 1.82 bits per heavy atom. The number of rotatable bonds is 19. The third kappa shape index (κ3) is 24.1. The number of aliphatic carboxylic acids is 1. The molecule has 82 heavy (non-hydrogen) atoms. The molecule has 0 radical (unpaired) electrons. The van der Waals surface area contributed by atoms with Gasteiger partial charge in [-0.05, 0) is 55.4 Å². The van der Waals surface area contributed by atoms with Crippen LogP contribution >= 0.6 is 21.6 Å². The summed E-state index contributed by atoms with van der Waals surface area (Å²) in [4.78, 5) is 162. The van der Waals surface area contributed by atoms with Crippen molar-refractivity contribution in [1.82, 2.24) is 42.1 Å². The first kappa shape index (κ1) is 67.9. The number of phenols is 1. The average molecular weight is 1200 g/mol. The van der Waals surface area contributed by atoms with E-state index in [4.69, 9.17) is 44.3 Å². The second-order valence-corrected chi connectivity index (χ2v) is 21.0. The number of carbonyl (C=O) groups excluding carboxylic acids is 11. The molecule has 0 aliphatic carbocycles. The highest BCUT2D eigenvalue weighted by Crippen LogP contribution is 2.26. The SMILES string of the molecule is NC(=O)CC[C@@H]1NC(=O)[C@H](Cc2ccccc2)NC(=O)[C@H](Cc2ccc(O)cc2)NC(=O)[C@@H](N)CSSC[C@@H](C(=O)N2CCC[C@H]2C(=O)N[C@@H](CCCN=C(N)N)C(=O)NCC(N)=O)NC(=O)[C@H](CC(N)=O)NC1=O.O=C(O)C(F)(F)F. The van der Waals surface area contributed by atoms with Gasteiger partial charge in [0.2, 0.25) is 65.0 Å². The van der Waals surface area contributed by atoms with Gasteiger partial charge in [-0.1, -0.05) is 64.1 Å². The molecule has 0 aromatic heterocycles. The number of nitrogens with one attached hydrogen (secondary N) is 7. The van der Waals surface area contributed by atoms with Crippen LogP contribution in [0.2, 0.25) is 0 Å². The summed E-state index contributed by atoms with van der Waals surface area (Å²) in [7, 11) is 1.99. The van der Waals surface area contributed by atoms with E-state index in [-0.39, 0.29) is 68.4 Å². The van der Waals surface area contributed by atoms with Crippen molar-refractivity contribution in [3.63, 3.8) is 0 Å². The number of carbonyl (C=O) groups is 12. The number of nitrogens with zero attached hydrogens (tertiary/aromatic N) is 2. The number of carboxylic acids is 1. The number of hydrogen-bond acceptors (Lipinski definition) is 17. The van der Waals surface area contributed by atoms with Crippen molar-refractivity contribution in [3.8, 4) is 5.75 Å². The Morgan fingerprint density at radius 1 is 0.720 bits per heavy atom. The quantitative estimate of drug-likeness (QED) is 0.0272. The Balaban J connectivity index is 0.00000236. The molecule has 2 aromatic carbocycles. The van der Waals surface area contributed by atoms with E-state index in [1.54, 1.807) is 30.3 Å². The highest BCUT2D eigenvalue weighted by atomic mass is 33.1. The molecule has 2 aliphatic heterocycles. The van der Waals surface area contributed by atoms with Gasteiger partial charge in [0.25, 0.3) is 0 Å². The van der Waals surface area contributed by atoms with Crippen molar-refractivity contribution in [2.24, 2.45) is 39.4 Å². The number of hydrogen-bond donors (Lipinski definition) is 15. The van der Waals surface area contributed by atoms with Gasteiger partial charge in [0.05, 0.1) is 19.0 Å². The summed E-state index contributed by atoms with van der Waals surface area (Å²) < 4.78 is 31.7. The lowest BCUT2D eigenvalue weighted by Gasteiger charge is -2.31. The summed E-state index contributed by atoms with van der Waals surface area (Å²) in [5, 5.41) is 34.8. The summed E-state index contributed by atoms with van der Waals surface area (Å²) >= 11 is 0. The molecule has 2 aliphatic rings. The summed E-state index contributed by atoms with van der Waals surface area (Å²) in [5.74, 6) is -13.3. The Hall–Kier alpha value is -8.40.